The highest BCUT2D eigenvalue weighted by Gasteiger charge is 2.41. The monoisotopic (exact) mass is 424 g/mol. The molecule has 2 saturated heterocycles. The first-order valence-corrected chi connectivity index (χ1v) is 11.6. The van der Waals surface area contributed by atoms with Crippen molar-refractivity contribution in [1.82, 2.24) is 23.5 Å². The smallest absolute Gasteiger partial charge is 0.282 e. The van der Waals surface area contributed by atoms with Crippen molar-refractivity contribution in [2.45, 2.75) is 45.1 Å². The van der Waals surface area contributed by atoms with Gasteiger partial charge >= 0.3 is 0 Å². The summed E-state index contributed by atoms with van der Waals surface area (Å²) < 4.78 is 27.6. The quantitative estimate of drug-likeness (QED) is 0.728. The van der Waals surface area contributed by atoms with Gasteiger partial charge in [-0.2, -0.15) is 17.0 Å². The lowest BCUT2D eigenvalue weighted by atomic mass is 9.91. The molecule has 9 nitrogen and oxygen atoms in total. The van der Waals surface area contributed by atoms with Gasteiger partial charge in [0.1, 0.15) is 17.7 Å². The molecule has 0 spiro atoms. The number of anilines is 1. The van der Waals surface area contributed by atoms with Crippen LogP contribution in [-0.4, -0.2) is 84.6 Å². The van der Waals surface area contributed by atoms with E-state index in [2.05, 4.69) is 15.3 Å². The number of nitrogens with zero attached hydrogens (tertiary/aromatic N) is 5. The van der Waals surface area contributed by atoms with Crippen molar-refractivity contribution in [1.29, 1.82) is 0 Å². The molecule has 2 fully saturated rings. The molecule has 2 aliphatic heterocycles. The topological polar surface area (TPSA) is 98.7 Å². The molecule has 0 unspecified atom stereocenters. The Morgan fingerprint density at radius 2 is 1.90 bits per heavy atom. The highest BCUT2D eigenvalue weighted by atomic mass is 32.2. The number of carbonyl (C=O) groups is 1. The van der Waals surface area contributed by atoms with E-state index in [0.717, 1.165) is 43.0 Å². The van der Waals surface area contributed by atoms with E-state index in [9.17, 15) is 13.2 Å². The van der Waals surface area contributed by atoms with E-state index >= 15 is 0 Å². The van der Waals surface area contributed by atoms with Gasteiger partial charge in [-0.15, -0.1) is 0 Å². The Balaban J connectivity index is 1.59. The van der Waals surface area contributed by atoms with Crippen LogP contribution in [0.5, 0.6) is 0 Å². The summed E-state index contributed by atoms with van der Waals surface area (Å²) in [4.78, 5) is 23.8. The second-order valence-electron chi connectivity index (χ2n) is 8.07. The van der Waals surface area contributed by atoms with Crippen molar-refractivity contribution in [2.75, 3.05) is 46.1 Å². The second-order valence-corrected chi connectivity index (χ2v) is 10.2. The van der Waals surface area contributed by atoms with Gasteiger partial charge in [0.05, 0.1) is 0 Å². The van der Waals surface area contributed by atoms with Crippen molar-refractivity contribution < 1.29 is 13.2 Å². The van der Waals surface area contributed by atoms with Crippen molar-refractivity contribution in [3.63, 3.8) is 0 Å². The number of hydrogen-bond acceptors (Lipinski definition) is 6. The third-order valence-corrected chi connectivity index (χ3v) is 7.77. The van der Waals surface area contributed by atoms with Gasteiger partial charge in [0, 0.05) is 52.5 Å². The maximum Gasteiger partial charge on any atom is 0.282 e. The lowest BCUT2D eigenvalue weighted by molar-refractivity contribution is -0.136. The SMILES string of the molecule is CNc1cc(CC2CCN(C(=O)[C@H]3CCCN3S(=O)(=O)N(C)C)CC2)nc(C)n1. The zero-order valence-corrected chi connectivity index (χ0v) is 18.6. The van der Waals surface area contributed by atoms with E-state index < -0.39 is 16.3 Å². The number of aryl methyl sites for hydroxylation is 1. The van der Waals surface area contributed by atoms with Crippen LogP contribution in [0.3, 0.4) is 0 Å². The molecule has 1 aromatic rings. The summed E-state index contributed by atoms with van der Waals surface area (Å²) in [6, 6.07) is 1.41. The first kappa shape index (κ1) is 21.9. The van der Waals surface area contributed by atoms with Gasteiger partial charge in [0.25, 0.3) is 10.2 Å². The molecule has 0 saturated carbocycles. The molecule has 2 aliphatic rings. The first-order chi connectivity index (χ1) is 13.7. The third-order valence-electron chi connectivity index (χ3n) is 5.82. The fourth-order valence-corrected chi connectivity index (χ4v) is 5.50. The van der Waals surface area contributed by atoms with Crippen molar-refractivity contribution in [3.05, 3.63) is 17.6 Å². The molecule has 29 heavy (non-hydrogen) atoms. The Labute approximate surface area is 173 Å². The van der Waals surface area contributed by atoms with Gasteiger partial charge in [0.15, 0.2) is 0 Å². The van der Waals surface area contributed by atoms with E-state index in [0.29, 0.717) is 32.0 Å². The number of aromatic nitrogens is 2. The van der Waals surface area contributed by atoms with Crippen LogP contribution in [0.2, 0.25) is 0 Å². The van der Waals surface area contributed by atoms with Crippen LogP contribution < -0.4 is 5.32 Å². The first-order valence-electron chi connectivity index (χ1n) is 10.2. The molecule has 3 heterocycles. The number of carbonyl (C=O) groups excluding carboxylic acids is 1. The highest BCUT2D eigenvalue weighted by Crippen LogP contribution is 2.27. The van der Waals surface area contributed by atoms with Crippen molar-refractivity contribution >= 4 is 21.9 Å². The minimum Gasteiger partial charge on any atom is -0.373 e. The standard InChI is InChI=1S/C19H32N6O3S/c1-14-21-16(13-18(20-2)22-14)12-15-7-10-24(11-8-15)19(26)17-6-5-9-25(17)29(27,28)23(3)4/h13,15,17H,5-12H2,1-4H3,(H,20,21,22)/t17-/m1/s1. The molecule has 0 radical (unpaired) electrons. The van der Waals surface area contributed by atoms with E-state index in [4.69, 9.17) is 0 Å². The van der Waals surface area contributed by atoms with Crippen LogP contribution in [-0.2, 0) is 21.4 Å². The van der Waals surface area contributed by atoms with Crippen LogP contribution in [0.4, 0.5) is 5.82 Å². The molecule has 162 valence electrons. The summed E-state index contributed by atoms with van der Waals surface area (Å²) in [7, 11) is 1.29. The third kappa shape index (κ3) is 4.87. The van der Waals surface area contributed by atoms with Gasteiger partial charge in [-0.05, 0) is 44.9 Å². The Kier molecular flexibility index (Phi) is 6.75. The normalized spacial score (nSPS) is 21.7. The average molecular weight is 425 g/mol. The van der Waals surface area contributed by atoms with Crippen LogP contribution in [0, 0.1) is 12.8 Å². The minimum absolute atomic E-state index is 0.0540. The lowest BCUT2D eigenvalue weighted by Crippen LogP contribution is -2.52. The van der Waals surface area contributed by atoms with Gasteiger partial charge in [-0.1, -0.05) is 0 Å². The molecule has 10 heteroatoms. The number of likely N-dealkylation sites (tertiary alicyclic amines) is 1. The van der Waals surface area contributed by atoms with Gasteiger partial charge in [-0.25, -0.2) is 9.97 Å². The molecule has 1 amide bonds. The maximum absolute atomic E-state index is 13.0. The Morgan fingerprint density at radius 1 is 1.21 bits per heavy atom. The van der Waals surface area contributed by atoms with E-state index in [1.165, 1.54) is 22.7 Å². The van der Waals surface area contributed by atoms with Gasteiger partial charge in [0.2, 0.25) is 5.91 Å². The summed E-state index contributed by atoms with van der Waals surface area (Å²) >= 11 is 0. The molecule has 0 aromatic carbocycles. The molecule has 3 rings (SSSR count). The van der Waals surface area contributed by atoms with Gasteiger partial charge in [-0.3, -0.25) is 4.79 Å². The Hall–Kier alpha value is -1.78. The number of amides is 1. The number of hydrogen-bond donors (Lipinski definition) is 1. The molecule has 1 aromatic heterocycles. The Bertz CT molecular complexity index is 836. The summed E-state index contributed by atoms with van der Waals surface area (Å²) in [6.07, 6.45) is 3.98. The van der Waals surface area contributed by atoms with Crippen LogP contribution >= 0.6 is 0 Å². The Morgan fingerprint density at radius 3 is 2.52 bits per heavy atom. The fraction of sp³-hybridized carbons (Fsp3) is 0.737. The zero-order chi connectivity index (χ0) is 21.2. The predicted molar refractivity (Wildman–Crippen MR) is 112 cm³/mol. The van der Waals surface area contributed by atoms with E-state index in [1.807, 2.05) is 24.9 Å². The predicted octanol–water partition coefficient (Wildman–Crippen LogP) is 0.879. The molecular weight excluding hydrogens is 392 g/mol. The second kappa shape index (κ2) is 8.93. The molecule has 1 atom stereocenters. The number of rotatable bonds is 6. The lowest BCUT2D eigenvalue weighted by Gasteiger charge is -2.35. The fourth-order valence-electron chi connectivity index (χ4n) is 4.20. The van der Waals surface area contributed by atoms with Crippen LogP contribution in [0.15, 0.2) is 6.07 Å². The summed E-state index contributed by atoms with van der Waals surface area (Å²) in [5.74, 6) is 1.98. The molecule has 1 N–H and O–H groups in total. The molecular formula is C19H32N6O3S. The van der Waals surface area contributed by atoms with E-state index in [-0.39, 0.29) is 5.91 Å². The van der Waals surface area contributed by atoms with Crippen LogP contribution in [0.25, 0.3) is 0 Å². The van der Waals surface area contributed by atoms with Gasteiger partial charge < -0.3 is 10.2 Å². The highest BCUT2D eigenvalue weighted by molar-refractivity contribution is 7.86. The number of piperidine rings is 1. The summed E-state index contributed by atoms with van der Waals surface area (Å²) in [6.45, 7) is 3.63. The maximum atomic E-state index is 13.0. The van der Waals surface area contributed by atoms with Crippen molar-refractivity contribution in [3.8, 4) is 0 Å². The molecule has 0 aliphatic carbocycles. The number of nitrogens with one attached hydrogen (secondary N) is 1. The van der Waals surface area contributed by atoms with Crippen molar-refractivity contribution in [2.24, 2.45) is 5.92 Å². The summed E-state index contributed by atoms with van der Waals surface area (Å²) in [5, 5.41) is 3.06. The largest absolute Gasteiger partial charge is 0.373 e. The van der Waals surface area contributed by atoms with E-state index in [1.54, 1.807) is 0 Å². The average Bonchev–Trinajstić information content (AvgIpc) is 3.18. The zero-order valence-electron chi connectivity index (χ0n) is 17.8. The molecule has 0 bridgehead atoms. The minimum atomic E-state index is -3.57. The summed E-state index contributed by atoms with van der Waals surface area (Å²) in [5.41, 5.74) is 1.02. The van der Waals surface area contributed by atoms with Crippen LogP contribution in [0.1, 0.15) is 37.2 Å².